The second-order valence-corrected chi connectivity index (χ2v) is 5.08. The van der Waals surface area contributed by atoms with Crippen LogP contribution in [0, 0.1) is 11.8 Å². The summed E-state index contributed by atoms with van der Waals surface area (Å²) >= 11 is 0. The Labute approximate surface area is 113 Å². The number of carbonyl (C=O) groups excluding carboxylic acids is 1. The Morgan fingerprint density at radius 3 is 2.63 bits per heavy atom. The quantitative estimate of drug-likeness (QED) is 0.847. The van der Waals surface area contributed by atoms with Crippen molar-refractivity contribution in [1.29, 1.82) is 0 Å². The Bertz CT molecular complexity index is 417. The van der Waals surface area contributed by atoms with Crippen LogP contribution in [-0.4, -0.2) is 36.5 Å². The molecule has 4 atom stereocenters. The molecule has 1 saturated heterocycles. The lowest BCUT2D eigenvalue weighted by molar-refractivity contribution is -0.133. The van der Waals surface area contributed by atoms with Crippen molar-refractivity contribution >= 4 is 5.97 Å². The maximum absolute atomic E-state index is 12.0. The zero-order valence-electron chi connectivity index (χ0n) is 11.3. The summed E-state index contributed by atoms with van der Waals surface area (Å²) in [6.45, 7) is 4.38. The van der Waals surface area contributed by atoms with Crippen molar-refractivity contribution in [3.8, 4) is 0 Å². The van der Waals surface area contributed by atoms with Gasteiger partial charge in [-0.15, -0.1) is 0 Å². The standard InChI is InChI=1S/C15H20O4/c1-10-11(2)14(9-18-13(10)8-16)19-15(17)12-6-4-3-5-7-12/h3-7,10-11,13-14,16H,8-9H2,1-2H3. The predicted octanol–water partition coefficient (Wildman–Crippen LogP) is 1.88. The number of esters is 1. The van der Waals surface area contributed by atoms with E-state index in [4.69, 9.17) is 9.47 Å². The minimum atomic E-state index is -0.323. The fraction of sp³-hybridized carbons (Fsp3) is 0.533. The first-order valence-corrected chi connectivity index (χ1v) is 6.62. The molecule has 1 aromatic rings. The molecule has 0 aromatic heterocycles. The maximum Gasteiger partial charge on any atom is 0.338 e. The summed E-state index contributed by atoms with van der Waals surface area (Å²) in [7, 11) is 0. The highest BCUT2D eigenvalue weighted by Gasteiger charge is 2.36. The molecular formula is C15H20O4. The van der Waals surface area contributed by atoms with Gasteiger partial charge in [-0.3, -0.25) is 0 Å². The third-order valence-corrected chi connectivity index (χ3v) is 3.92. The van der Waals surface area contributed by atoms with Crippen LogP contribution >= 0.6 is 0 Å². The molecule has 0 spiro atoms. The number of benzene rings is 1. The van der Waals surface area contributed by atoms with Crippen molar-refractivity contribution in [3.63, 3.8) is 0 Å². The molecule has 19 heavy (non-hydrogen) atoms. The number of aliphatic hydroxyl groups excluding tert-OH is 1. The lowest BCUT2D eigenvalue weighted by Crippen LogP contribution is -2.46. The van der Waals surface area contributed by atoms with Crippen LogP contribution in [0.4, 0.5) is 0 Å². The van der Waals surface area contributed by atoms with Crippen molar-refractivity contribution < 1.29 is 19.4 Å². The fourth-order valence-corrected chi connectivity index (χ4v) is 2.34. The van der Waals surface area contributed by atoms with E-state index in [1.54, 1.807) is 12.1 Å². The summed E-state index contributed by atoms with van der Waals surface area (Å²) in [5, 5.41) is 9.19. The molecule has 1 aliphatic heterocycles. The van der Waals surface area contributed by atoms with Gasteiger partial charge >= 0.3 is 5.97 Å². The van der Waals surface area contributed by atoms with Gasteiger partial charge in [0.15, 0.2) is 0 Å². The van der Waals surface area contributed by atoms with Crippen LogP contribution in [0.15, 0.2) is 30.3 Å². The SMILES string of the molecule is CC1C(CO)OCC(OC(=O)c2ccccc2)C1C. The van der Waals surface area contributed by atoms with Gasteiger partial charge in [-0.25, -0.2) is 4.79 Å². The highest BCUT2D eigenvalue weighted by atomic mass is 16.6. The van der Waals surface area contributed by atoms with Gasteiger partial charge in [0.1, 0.15) is 6.10 Å². The molecule has 1 N–H and O–H groups in total. The molecule has 0 amide bonds. The van der Waals surface area contributed by atoms with Crippen LogP contribution < -0.4 is 0 Å². The van der Waals surface area contributed by atoms with Crippen LogP contribution in [-0.2, 0) is 9.47 Å². The van der Waals surface area contributed by atoms with E-state index in [-0.39, 0.29) is 36.6 Å². The Hall–Kier alpha value is -1.39. The Morgan fingerprint density at radius 1 is 1.32 bits per heavy atom. The van der Waals surface area contributed by atoms with E-state index in [2.05, 4.69) is 0 Å². The average Bonchev–Trinajstić information content (AvgIpc) is 2.45. The van der Waals surface area contributed by atoms with Crippen LogP contribution in [0.5, 0.6) is 0 Å². The van der Waals surface area contributed by atoms with E-state index in [1.807, 2.05) is 32.0 Å². The Morgan fingerprint density at radius 2 is 2.00 bits per heavy atom. The molecular weight excluding hydrogens is 244 g/mol. The summed E-state index contributed by atoms with van der Waals surface area (Å²) in [4.78, 5) is 12.0. The molecule has 0 saturated carbocycles. The van der Waals surface area contributed by atoms with E-state index >= 15 is 0 Å². The Balaban J connectivity index is 1.98. The van der Waals surface area contributed by atoms with Gasteiger partial charge < -0.3 is 14.6 Å². The van der Waals surface area contributed by atoms with Gasteiger partial charge in [-0.05, 0) is 18.1 Å². The van der Waals surface area contributed by atoms with E-state index in [9.17, 15) is 9.90 Å². The monoisotopic (exact) mass is 264 g/mol. The molecule has 0 bridgehead atoms. The summed E-state index contributed by atoms with van der Waals surface area (Å²) in [6, 6.07) is 8.94. The van der Waals surface area contributed by atoms with Gasteiger partial charge in [-0.2, -0.15) is 0 Å². The number of aliphatic hydroxyl groups is 1. The predicted molar refractivity (Wildman–Crippen MR) is 70.8 cm³/mol. The molecule has 4 heteroatoms. The first kappa shape index (κ1) is 14.0. The van der Waals surface area contributed by atoms with Gasteiger partial charge in [0, 0.05) is 5.92 Å². The minimum Gasteiger partial charge on any atom is -0.456 e. The summed E-state index contributed by atoms with van der Waals surface area (Å²) in [6.07, 6.45) is -0.424. The van der Waals surface area contributed by atoms with Gasteiger partial charge in [0.2, 0.25) is 0 Å². The number of ether oxygens (including phenoxy) is 2. The van der Waals surface area contributed by atoms with Crippen LogP contribution in [0.3, 0.4) is 0 Å². The molecule has 104 valence electrons. The Kier molecular flexibility index (Phi) is 4.56. The lowest BCUT2D eigenvalue weighted by Gasteiger charge is -2.38. The maximum atomic E-state index is 12.0. The largest absolute Gasteiger partial charge is 0.456 e. The first-order valence-electron chi connectivity index (χ1n) is 6.62. The summed E-state index contributed by atoms with van der Waals surface area (Å²) < 4.78 is 11.0. The molecule has 4 unspecified atom stereocenters. The third kappa shape index (κ3) is 3.14. The summed E-state index contributed by atoms with van der Waals surface area (Å²) in [5.41, 5.74) is 0.548. The summed E-state index contributed by atoms with van der Waals surface area (Å²) in [5.74, 6) is 0.00147. The molecule has 1 aliphatic rings. The fourth-order valence-electron chi connectivity index (χ4n) is 2.34. The molecule has 1 fully saturated rings. The van der Waals surface area contributed by atoms with Crippen molar-refractivity contribution in [1.82, 2.24) is 0 Å². The zero-order valence-corrected chi connectivity index (χ0v) is 11.3. The van der Waals surface area contributed by atoms with E-state index in [0.29, 0.717) is 12.2 Å². The highest BCUT2D eigenvalue weighted by molar-refractivity contribution is 5.89. The molecule has 0 radical (unpaired) electrons. The van der Waals surface area contributed by atoms with Crippen molar-refractivity contribution in [2.75, 3.05) is 13.2 Å². The topological polar surface area (TPSA) is 55.8 Å². The van der Waals surface area contributed by atoms with Crippen LogP contribution in [0.25, 0.3) is 0 Å². The zero-order chi connectivity index (χ0) is 13.8. The van der Waals surface area contributed by atoms with Gasteiger partial charge in [-0.1, -0.05) is 32.0 Å². The first-order chi connectivity index (χ1) is 9.13. The van der Waals surface area contributed by atoms with Crippen molar-refractivity contribution in [2.24, 2.45) is 11.8 Å². The molecule has 0 aliphatic carbocycles. The number of hydrogen-bond acceptors (Lipinski definition) is 4. The van der Waals surface area contributed by atoms with Gasteiger partial charge in [0.25, 0.3) is 0 Å². The van der Waals surface area contributed by atoms with E-state index in [1.165, 1.54) is 0 Å². The number of hydrogen-bond donors (Lipinski definition) is 1. The lowest BCUT2D eigenvalue weighted by atomic mass is 9.84. The average molecular weight is 264 g/mol. The third-order valence-electron chi connectivity index (χ3n) is 3.92. The molecule has 2 rings (SSSR count). The van der Waals surface area contributed by atoms with E-state index < -0.39 is 0 Å². The van der Waals surface area contributed by atoms with Crippen LogP contribution in [0.1, 0.15) is 24.2 Å². The highest BCUT2D eigenvalue weighted by Crippen LogP contribution is 2.28. The van der Waals surface area contributed by atoms with Crippen molar-refractivity contribution in [2.45, 2.75) is 26.1 Å². The molecule has 1 heterocycles. The van der Waals surface area contributed by atoms with Crippen LogP contribution in [0.2, 0.25) is 0 Å². The number of carbonyl (C=O) groups is 1. The second kappa shape index (κ2) is 6.17. The van der Waals surface area contributed by atoms with Crippen molar-refractivity contribution in [3.05, 3.63) is 35.9 Å². The smallest absolute Gasteiger partial charge is 0.338 e. The minimum absolute atomic E-state index is 0.00482. The molecule has 4 nitrogen and oxygen atoms in total. The number of rotatable bonds is 3. The molecule has 1 aromatic carbocycles. The van der Waals surface area contributed by atoms with E-state index in [0.717, 1.165) is 0 Å². The van der Waals surface area contributed by atoms with Gasteiger partial charge in [0.05, 0.1) is 24.9 Å². The second-order valence-electron chi connectivity index (χ2n) is 5.08. The normalized spacial score (nSPS) is 30.9.